The zero-order valence-corrected chi connectivity index (χ0v) is 10.3. The molecule has 0 aliphatic carbocycles. The van der Waals surface area contributed by atoms with E-state index >= 15 is 0 Å². The van der Waals surface area contributed by atoms with E-state index < -0.39 is 0 Å². The van der Waals surface area contributed by atoms with E-state index in [4.69, 9.17) is 0 Å². The van der Waals surface area contributed by atoms with Crippen molar-refractivity contribution in [1.29, 1.82) is 0 Å². The Kier molecular flexibility index (Phi) is 2.44. The topological polar surface area (TPSA) is 55.1 Å². The van der Waals surface area contributed by atoms with Gasteiger partial charge in [0.25, 0.3) is 5.78 Å². The van der Waals surface area contributed by atoms with Gasteiger partial charge < -0.3 is 5.32 Å². The fourth-order valence-corrected chi connectivity index (χ4v) is 1.88. The first-order valence-corrected chi connectivity index (χ1v) is 5.74. The number of benzene rings is 1. The number of nitrogens with one attached hydrogen (secondary N) is 1. The largest absolute Gasteiger partial charge is 0.341 e. The van der Waals surface area contributed by atoms with E-state index in [1.165, 1.54) is 5.56 Å². The smallest absolute Gasteiger partial charge is 0.256 e. The quantitative estimate of drug-likeness (QED) is 0.746. The number of aromatic nitrogens is 4. The van der Waals surface area contributed by atoms with Crippen LogP contribution in [0.25, 0.3) is 5.78 Å². The number of para-hydroxylation sites is 1. The van der Waals surface area contributed by atoms with Crippen LogP contribution in [0.5, 0.6) is 0 Å². The molecule has 3 aromatic rings. The van der Waals surface area contributed by atoms with Crippen molar-refractivity contribution in [3.63, 3.8) is 0 Å². The third-order valence-electron chi connectivity index (χ3n) is 2.82. The van der Waals surface area contributed by atoms with Gasteiger partial charge in [-0.05, 0) is 25.5 Å². The van der Waals surface area contributed by atoms with Crippen LogP contribution < -0.4 is 5.32 Å². The molecule has 1 N–H and O–H groups in total. The summed E-state index contributed by atoms with van der Waals surface area (Å²) in [5.74, 6) is 1.52. The van der Waals surface area contributed by atoms with Gasteiger partial charge in [0.1, 0.15) is 12.1 Å². The van der Waals surface area contributed by atoms with Crippen molar-refractivity contribution in [1.82, 2.24) is 19.6 Å². The van der Waals surface area contributed by atoms with Gasteiger partial charge in [0.05, 0.1) is 0 Å². The summed E-state index contributed by atoms with van der Waals surface area (Å²) in [6, 6.07) is 10.1. The minimum Gasteiger partial charge on any atom is -0.341 e. The number of hydrogen-bond acceptors (Lipinski definition) is 4. The molecule has 0 atom stereocenters. The van der Waals surface area contributed by atoms with Crippen molar-refractivity contribution in [3.8, 4) is 0 Å². The van der Waals surface area contributed by atoms with Crippen LogP contribution in [0, 0.1) is 13.8 Å². The molecular weight excluding hydrogens is 226 g/mol. The Labute approximate surface area is 105 Å². The van der Waals surface area contributed by atoms with Gasteiger partial charge in [-0.25, -0.2) is 4.98 Å². The van der Waals surface area contributed by atoms with Crippen LogP contribution in [0.4, 0.5) is 11.5 Å². The van der Waals surface area contributed by atoms with Crippen molar-refractivity contribution in [2.75, 3.05) is 5.32 Å². The summed E-state index contributed by atoms with van der Waals surface area (Å²) < 4.78 is 1.83. The maximum Gasteiger partial charge on any atom is 0.256 e. The average Bonchev–Trinajstić information content (AvgIpc) is 2.80. The van der Waals surface area contributed by atoms with E-state index in [1.54, 1.807) is 6.33 Å². The minimum atomic E-state index is 0.603. The number of anilines is 2. The highest BCUT2D eigenvalue weighted by Crippen LogP contribution is 2.20. The highest BCUT2D eigenvalue weighted by molar-refractivity contribution is 5.62. The first-order valence-electron chi connectivity index (χ1n) is 5.74. The average molecular weight is 239 g/mol. The molecule has 18 heavy (non-hydrogen) atoms. The van der Waals surface area contributed by atoms with Crippen LogP contribution in [-0.4, -0.2) is 19.6 Å². The molecule has 90 valence electrons. The molecule has 0 saturated carbocycles. The molecule has 5 nitrogen and oxygen atoms in total. The summed E-state index contributed by atoms with van der Waals surface area (Å²) in [5, 5.41) is 11.2. The molecule has 0 spiro atoms. The second-order valence-electron chi connectivity index (χ2n) is 4.22. The number of aryl methyl sites for hydroxylation is 2. The molecule has 0 unspecified atom stereocenters. The first-order chi connectivity index (χ1) is 8.74. The van der Waals surface area contributed by atoms with E-state index in [-0.39, 0.29) is 0 Å². The highest BCUT2D eigenvalue weighted by atomic mass is 15.3. The zero-order chi connectivity index (χ0) is 12.5. The molecule has 1 aromatic carbocycles. The van der Waals surface area contributed by atoms with Gasteiger partial charge in [0.2, 0.25) is 0 Å². The lowest BCUT2D eigenvalue weighted by atomic mass is 10.2. The Bertz CT molecular complexity index is 701. The molecular formula is C13H13N5. The predicted molar refractivity (Wildman–Crippen MR) is 70.0 cm³/mol. The zero-order valence-electron chi connectivity index (χ0n) is 10.3. The molecule has 0 fully saturated rings. The lowest BCUT2D eigenvalue weighted by Crippen LogP contribution is -2.01. The lowest BCUT2D eigenvalue weighted by molar-refractivity contribution is 1.07. The van der Waals surface area contributed by atoms with E-state index in [2.05, 4.69) is 33.5 Å². The van der Waals surface area contributed by atoms with Crippen molar-refractivity contribution in [2.24, 2.45) is 0 Å². The maximum absolute atomic E-state index is 4.31. The number of nitrogens with zero attached hydrogens (tertiary/aromatic N) is 4. The predicted octanol–water partition coefficient (Wildman–Crippen LogP) is 2.48. The Morgan fingerprint density at radius 3 is 2.83 bits per heavy atom. The fourth-order valence-electron chi connectivity index (χ4n) is 1.88. The number of fused-ring (bicyclic) bond motifs is 1. The summed E-state index contributed by atoms with van der Waals surface area (Å²) >= 11 is 0. The third kappa shape index (κ3) is 1.79. The van der Waals surface area contributed by atoms with Gasteiger partial charge in [0.15, 0.2) is 0 Å². The van der Waals surface area contributed by atoms with Gasteiger partial charge in [-0.15, -0.1) is 10.2 Å². The second kappa shape index (κ2) is 4.10. The van der Waals surface area contributed by atoms with E-state index in [9.17, 15) is 0 Å². The molecule has 0 aliphatic rings. The molecule has 0 amide bonds. The van der Waals surface area contributed by atoms with Crippen molar-refractivity contribution in [3.05, 3.63) is 47.9 Å². The standard InChI is InChI=1S/C13H13N5/c1-9-5-3-4-6-11(9)16-12-7-10(2)15-13-17-14-8-18(12)13/h3-8,16H,1-2H3. The van der Waals surface area contributed by atoms with E-state index in [1.807, 2.05) is 35.6 Å². The monoisotopic (exact) mass is 239 g/mol. The second-order valence-corrected chi connectivity index (χ2v) is 4.22. The van der Waals surface area contributed by atoms with Gasteiger partial charge in [-0.3, -0.25) is 4.40 Å². The van der Waals surface area contributed by atoms with Crippen LogP contribution in [-0.2, 0) is 0 Å². The molecule has 3 rings (SSSR count). The summed E-state index contributed by atoms with van der Waals surface area (Å²) in [7, 11) is 0. The molecule has 0 radical (unpaired) electrons. The maximum atomic E-state index is 4.31. The Morgan fingerprint density at radius 2 is 2.00 bits per heavy atom. The number of rotatable bonds is 2. The van der Waals surface area contributed by atoms with E-state index in [0.29, 0.717) is 5.78 Å². The number of hydrogen-bond donors (Lipinski definition) is 1. The summed E-state index contributed by atoms with van der Waals surface area (Å²) in [6.07, 6.45) is 1.66. The normalized spacial score (nSPS) is 10.8. The van der Waals surface area contributed by atoms with Crippen molar-refractivity contribution >= 4 is 17.3 Å². The van der Waals surface area contributed by atoms with Gasteiger partial charge in [-0.1, -0.05) is 18.2 Å². The fraction of sp³-hybridized carbons (Fsp3) is 0.154. The Balaban J connectivity index is 2.10. The summed E-state index contributed by atoms with van der Waals surface area (Å²) in [4.78, 5) is 4.31. The van der Waals surface area contributed by atoms with Crippen LogP contribution in [0.15, 0.2) is 36.7 Å². The van der Waals surface area contributed by atoms with Crippen LogP contribution in [0.2, 0.25) is 0 Å². The van der Waals surface area contributed by atoms with Crippen molar-refractivity contribution in [2.45, 2.75) is 13.8 Å². The first kappa shape index (κ1) is 10.7. The molecule has 0 aliphatic heterocycles. The molecule has 5 heteroatoms. The highest BCUT2D eigenvalue weighted by Gasteiger charge is 2.06. The Morgan fingerprint density at radius 1 is 1.17 bits per heavy atom. The van der Waals surface area contributed by atoms with E-state index in [0.717, 1.165) is 17.2 Å². The Hall–Kier alpha value is -2.43. The van der Waals surface area contributed by atoms with Crippen LogP contribution in [0.3, 0.4) is 0 Å². The molecule has 0 bridgehead atoms. The molecule has 0 saturated heterocycles. The minimum absolute atomic E-state index is 0.603. The van der Waals surface area contributed by atoms with Gasteiger partial charge in [0, 0.05) is 17.4 Å². The third-order valence-corrected chi connectivity index (χ3v) is 2.82. The van der Waals surface area contributed by atoms with Crippen LogP contribution >= 0.6 is 0 Å². The summed E-state index contributed by atoms with van der Waals surface area (Å²) in [6.45, 7) is 4.01. The summed E-state index contributed by atoms with van der Waals surface area (Å²) in [5.41, 5.74) is 3.16. The van der Waals surface area contributed by atoms with Crippen molar-refractivity contribution < 1.29 is 0 Å². The SMILES string of the molecule is Cc1cc(Nc2ccccc2C)n2cnnc2n1. The molecule has 2 heterocycles. The molecule has 2 aromatic heterocycles. The lowest BCUT2D eigenvalue weighted by Gasteiger charge is -2.11. The van der Waals surface area contributed by atoms with Gasteiger partial charge >= 0.3 is 0 Å². The van der Waals surface area contributed by atoms with Gasteiger partial charge in [-0.2, -0.15) is 0 Å². The van der Waals surface area contributed by atoms with Crippen LogP contribution in [0.1, 0.15) is 11.3 Å².